The van der Waals surface area contributed by atoms with Gasteiger partial charge in [0, 0.05) is 13.1 Å². The number of morpholine rings is 1. The number of nitrogens with zero attached hydrogens (tertiary/aromatic N) is 1. The molecule has 3 rings (SSSR count). The third kappa shape index (κ3) is 4.91. The first-order chi connectivity index (χ1) is 12.1. The van der Waals surface area contributed by atoms with Crippen molar-refractivity contribution in [2.24, 2.45) is 0 Å². The number of hydrogen-bond donors (Lipinski definition) is 1. The summed E-state index contributed by atoms with van der Waals surface area (Å²) in [6, 6.07) is 20.1. The average molecular weight is 338 g/mol. The summed E-state index contributed by atoms with van der Waals surface area (Å²) in [4.78, 5) is 14.9. The largest absolute Gasteiger partial charge is 0.373 e. The van der Waals surface area contributed by atoms with Crippen LogP contribution in [-0.4, -0.2) is 42.6 Å². The van der Waals surface area contributed by atoms with Crippen molar-refractivity contribution in [3.8, 4) is 0 Å². The zero-order valence-electron chi connectivity index (χ0n) is 14.9. The van der Waals surface area contributed by atoms with Crippen LogP contribution in [0.15, 0.2) is 60.7 Å². The van der Waals surface area contributed by atoms with Crippen LogP contribution in [0.25, 0.3) is 0 Å². The molecule has 0 aliphatic carbocycles. The quantitative estimate of drug-likeness (QED) is 0.911. The van der Waals surface area contributed by atoms with Gasteiger partial charge >= 0.3 is 0 Å². The molecule has 0 bridgehead atoms. The van der Waals surface area contributed by atoms with Crippen LogP contribution in [0.1, 0.15) is 31.0 Å². The van der Waals surface area contributed by atoms with Gasteiger partial charge in [-0.05, 0) is 25.0 Å². The van der Waals surface area contributed by atoms with Crippen LogP contribution in [0.3, 0.4) is 0 Å². The number of carbonyl (C=O) groups is 1. The predicted octanol–water partition coefficient (Wildman–Crippen LogP) is 3.00. The highest BCUT2D eigenvalue weighted by atomic mass is 16.5. The summed E-state index contributed by atoms with van der Waals surface area (Å²) in [7, 11) is 0. The highest BCUT2D eigenvalue weighted by Crippen LogP contribution is 2.21. The van der Waals surface area contributed by atoms with Crippen LogP contribution in [0, 0.1) is 0 Å². The van der Waals surface area contributed by atoms with Gasteiger partial charge in [0.25, 0.3) is 0 Å². The maximum absolute atomic E-state index is 12.7. The summed E-state index contributed by atoms with van der Waals surface area (Å²) >= 11 is 0. The molecule has 1 N–H and O–H groups in total. The van der Waals surface area contributed by atoms with E-state index in [4.69, 9.17) is 4.74 Å². The van der Waals surface area contributed by atoms with E-state index in [1.165, 1.54) is 0 Å². The fourth-order valence-electron chi connectivity index (χ4n) is 3.47. The first-order valence-electron chi connectivity index (χ1n) is 8.89. The first kappa shape index (κ1) is 17.6. The van der Waals surface area contributed by atoms with Gasteiger partial charge in [0.2, 0.25) is 5.91 Å². The molecule has 0 unspecified atom stereocenters. The molecular weight excluding hydrogens is 312 g/mol. The second-order valence-electron chi connectivity index (χ2n) is 6.77. The molecule has 0 aromatic heterocycles. The lowest BCUT2D eigenvalue weighted by Crippen LogP contribution is -2.49. The minimum atomic E-state index is -0.134. The Labute approximate surface area is 149 Å². The van der Waals surface area contributed by atoms with Crippen LogP contribution < -0.4 is 5.32 Å². The molecule has 1 saturated heterocycles. The molecule has 1 amide bonds. The van der Waals surface area contributed by atoms with Crippen LogP contribution in [-0.2, 0) is 9.53 Å². The topological polar surface area (TPSA) is 41.6 Å². The van der Waals surface area contributed by atoms with Crippen molar-refractivity contribution in [3.05, 3.63) is 71.8 Å². The van der Waals surface area contributed by atoms with Crippen molar-refractivity contribution in [1.82, 2.24) is 10.2 Å². The van der Waals surface area contributed by atoms with E-state index in [9.17, 15) is 4.79 Å². The fraction of sp³-hybridized carbons (Fsp3) is 0.381. The number of hydrogen-bond acceptors (Lipinski definition) is 3. The van der Waals surface area contributed by atoms with Gasteiger partial charge in [-0.2, -0.15) is 0 Å². The zero-order valence-corrected chi connectivity index (χ0v) is 14.9. The molecular formula is C21H26N2O2. The molecule has 132 valence electrons. The Morgan fingerprint density at radius 1 is 1.00 bits per heavy atom. The second kappa shape index (κ2) is 8.28. The Bertz CT molecular complexity index is 625. The van der Waals surface area contributed by atoms with Gasteiger partial charge in [0.05, 0.1) is 24.8 Å². The lowest BCUT2D eigenvalue weighted by Gasteiger charge is -2.35. The van der Waals surface area contributed by atoms with Crippen LogP contribution in [0.2, 0.25) is 0 Å². The Morgan fingerprint density at radius 2 is 1.48 bits per heavy atom. The molecule has 2 atom stereocenters. The van der Waals surface area contributed by atoms with E-state index in [0.29, 0.717) is 6.54 Å². The summed E-state index contributed by atoms with van der Waals surface area (Å²) in [6.07, 6.45) is 0.325. The number of ether oxygens (including phenoxy) is 1. The number of amides is 1. The van der Waals surface area contributed by atoms with Gasteiger partial charge in [-0.15, -0.1) is 0 Å². The number of benzene rings is 2. The third-order valence-electron chi connectivity index (χ3n) is 4.43. The summed E-state index contributed by atoms with van der Waals surface area (Å²) in [5, 5.41) is 3.21. The third-order valence-corrected chi connectivity index (χ3v) is 4.43. The lowest BCUT2D eigenvalue weighted by molar-refractivity contribution is -0.126. The smallest absolute Gasteiger partial charge is 0.234 e. The average Bonchev–Trinajstić information content (AvgIpc) is 2.60. The van der Waals surface area contributed by atoms with Crippen molar-refractivity contribution in [2.75, 3.05) is 19.6 Å². The van der Waals surface area contributed by atoms with Gasteiger partial charge in [-0.1, -0.05) is 60.7 Å². The standard InChI is InChI=1S/C21H26N2O2/c1-16-13-23(14-17(2)25-16)15-20(24)22-21(18-9-5-3-6-10-18)19-11-7-4-8-12-19/h3-12,16-17,21H,13-15H2,1-2H3,(H,22,24)/t16-,17-/m1/s1. The van der Waals surface area contributed by atoms with Crippen molar-refractivity contribution in [1.29, 1.82) is 0 Å². The maximum Gasteiger partial charge on any atom is 0.234 e. The molecule has 0 spiro atoms. The summed E-state index contributed by atoms with van der Waals surface area (Å²) in [5.74, 6) is 0.0407. The van der Waals surface area contributed by atoms with Crippen molar-refractivity contribution < 1.29 is 9.53 Å². The number of nitrogens with one attached hydrogen (secondary N) is 1. The molecule has 2 aromatic carbocycles. The molecule has 2 aromatic rings. The molecule has 4 heteroatoms. The van der Waals surface area contributed by atoms with Gasteiger partial charge in [0.1, 0.15) is 0 Å². The second-order valence-corrected chi connectivity index (χ2v) is 6.77. The zero-order chi connectivity index (χ0) is 17.6. The summed E-state index contributed by atoms with van der Waals surface area (Å²) < 4.78 is 5.74. The van der Waals surface area contributed by atoms with E-state index in [0.717, 1.165) is 24.2 Å². The highest BCUT2D eigenvalue weighted by molar-refractivity contribution is 5.79. The molecule has 4 nitrogen and oxygen atoms in total. The van der Waals surface area contributed by atoms with E-state index in [1.807, 2.05) is 36.4 Å². The highest BCUT2D eigenvalue weighted by Gasteiger charge is 2.25. The molecule has 1 heterocycles. The van der Waals surface area contributed by atoms with Crippen molar-refractivity contribution in [2.45, 2.75) is 32.1 Å². The van der Waals surface area contributed by atoms with E-state index < -0.39 is 0 Å². The fourth-order valence-corrected chi connectivity index (χ4v) is 3.47. The van der Waals surface area contributed by atoms with Gasteiger partial charge in [-0.25, -0.2) is 0 Å². The van der Waals surface area contributed by atoms with E-state index in [1.54, 1.807) is 0 Å². The maximum atomic E-state index is 12.7. The van der Waals surface area contributed by atoms with Crippen LogP contribution in [0.5, 0.6) is 0 Å². The number of carbonyl (C=O) groups excluding carboxylic acids is 1. The molecule has 25 heavy (non-hydrogen) atoms. The first-order valence-corrected chi connectivity index (χ1v) is 8.89. The lowest BCUT2D eigenvalue weighted by atomic mass is 9.98. The van der Waals surface area contributed by atoms with Crippen LogP contribution in [0.4, 0.5) is 0 Å². The molecule has 0 radical (unpaired) electrons. The Balaban J connectivity index is 1.71. The van der Waals surface area contributed by atoms with Crippen LogP contribution >= 0.6 is 0 Å². The van der Waals surface area contributed by atoms with E-state index >= 15 is 0 Å². The Kier molecular flexibility index (Phi) is 5.84. The van der Waals surface area contributed by atoms with Crippen molar-refractivity contribution >= 4 is 5.91 Å². The van der Waals surface area contributed by atoms with Gasteiger partial charge in [-0.3, -0.25) is 9.69 Å². The summed E-state index contributed by atoms with van der Waals surface area (Å²) in [5.41, 5.74) is 2.18. The predicted molar refractivity (Wildman–Crippen MR) is 99.3 cm³/mol. The molecule has 1 aliphatic heterocycles. The SMILES string of the molecule is C[C@@H]1CN(CC(=O)NC(c2ccccc2)c2ccccc2)C[C@@H](C)O1. The van der Waals surface area contributed by atoms with Gasteiger partial charge < -0.3 is 10.1 Å². The molecule has 1 fully saturated rings. The molecule has 1 aliphatic rings. The van der Waals surface area contributed by atoms with Crippen molar-refractivity contribution in [3.63, 3.8) is 0 Å². The monoisotopic (exact) mass is 338 g/mol. The van der Waals surface area contributed by atoms with Gasteiger partial charge in [0.15, 0.2) is 0 Å². The molecule has 0 saturated carbocycles. The van der Waals surface area contributed by atoms with E-state index in [2.05, 4.69) is 48.3 Å². The van der Waals surface area contributed by atoms with E-state index in [-0.39, 0.29) is 24.2 Å². The normalized spacial score (nSPS) is 21.2. The minimum absolute atomic E-state index is 0.0407. The number of rotatable bonds is 5. The summed E-state index contributed by atoms with van der Waals surface area (Å²) in [6.45, 7) is 6.08. The Hall–Kier alpha value is -2.17. The Morgan fingerprint density at radius 3 is 1.96 bits per heavy atom. The minimum Gasteiger partial charge on any atom is -0.373 e.